The largest absolute Gasteiger partial charge is 0.459 e. The lowest BCUT2D eigenvalue weighted by Gasteiger charge is -2.12. The number of carbonyl (C=O) groups is 2. The number of alkyl halides is 3. The van der Waals surface area contributed by atoms with Gasteiger partial charge in [0.25, 0.3) is 0 Å². The second-order valence-electron chi connectivity index (χ2n) is 6.31. The Morgan fingerprint density at radius 2 is 1.91 bits per heavy atom. The number of nitro groups is 1. The Labute approximate surface area is 185 Å². The van der Waals surface area contributed by atoms with Crippen molar-refractivity contribution in [3.63, 3.8) is 0 Å². The third kappa shape index (κ3) is 6.92. The summed E-state index contributed by atoms with van der Waals surface area (Å²) in [4.78, 5) is 34.0. The molecule has 12 heteroatoms. The third-order valence-corrected chi connectivity index (χ3v) is 4.15. The van der Waals surface area contributed by atoms with Gasteiger partial charge in [-0.15, -0.1) is 0 Å². The molecular formula is C20H17ClF3NO7. The van der Waals surface area contributed by atoms with Gasteiger partial charge in [-0.25, -0.2) is 4.79 Å². The number of Topliss-reactive ketones (excluding diaryl/α,β-unsaturated/α-hetero) is 1. The highest BCUT2D eigenvalue weighted by atomic mass is 35.5. The van der Waals surface area contributed by atoms with Crippen molar-refractivity contribution in [1.82, 2.24) is 0 Å². The fraction of sp³-hybridized carbons (Fsp3) is 0.300. The van der Waals surface area contributed by atoms with Gasteiger partial charge in [0.2, 0.25) is 0 Å². The zero-order valence-electron chi connectivity index (χ0n) is 16.6. The number of carbonyl (C=O) groups excluding carboxylic acids is 2. The van der Waals surface area contributed by atoms with Crippen molar-refractivity contribution in [2.75, 3.05) is 13.2 Å². The van der Waals surface area contributed by atoms with E-state index in [9.17, 15) is 32.9 Å². The first kappa shape index (κ1) is 25.1. The highest BCUT2D eigenvalue weighted by Crippen LogP contribution is 2.36. The van der Waals surface area contributed by atoms with E-state index in [1.165, 1.54) is 24.3 Å². The third-order valence-electron chi connectivity index (χ3n) is 3.86. The van der Waals surface area contributed by atoms with E-state index >= 15 is 0 Å². The molecule has 0 heterocycles. The Kier molecular flexibility index (Phi) is 8.56. The lowest BCUT2D eigenvalue weighted by atomic mass is 10.1. The van der Waals surface area contributed by atoms with Gasteiger partial charge in [-0.1, -0.05) is 30.7 Å². The van der Waals surface area contributed by atoms with Crippen LogP contribution in [-0.4, -0.2) is 36.1 Å². The Morgan fingerprint density at radius 1 is 1.19 bits per heavy atom. The van der Waals surface area contributed by atoms with Crippen LogP contribution in [-0.2, 0) is 20.4 Å². The van der Waals surface area contributed by atoms with Crippen LogP contribution in [0.25, 0.3) is 0 Å². The van der Waals surface area contributed by atoms with Crippen molar-refractivity contribution in [1.29, 1.82) is 0 Å². The normalized spacial score (nSPS) is 12.2. The number of halogens is 4. The van der Waals surface area contributed by atoms with Gasteiger partial charge in [0.15, 0.2) is 5.78 Å². The predicted octanol–water partition coefficient (Wildman–Crippen LogP) is 4.91. The van der Waals surface area contributed by atoms with E-state index in [2.05, 4.69) is 4.74 Å². The molecule has 0 spiro atoms. The zero-order valence-corrected chi connectivity index (χ0v) is 17.3. The quantitative estimate of drug-likeness (QED) is 0.158. The average Bonchev–Trinajstić information content (AvgIpc) is 2.72. The summed E-state index contributed by atoms with van der Waals surface area (Å²) in [5.41, 5.74) is -0.928. The van der Waals surface area contributed by atoms with Crippen LogP contribution in [0.15, 0.2) is 42.5 Å². The van der Waals surface area contributed by atoms with E-state index in [4.69, 9.17) is 21.1 Å². The minimum absolute atomic E-state index is 0.0227. The molecule has 8 nitrogen and oxygen atoms in total. The van der Waals surface area contributed by atoms with Crippen LogP contribution in [0.3, 0.4) is 0 Å². The summed E-state index contributed by atoms with van der Waals surface area (Å²) in [7, 11) is 0. The van der Waals surface area contributed by atoms with E-state index in [1.54, 1.807) is 6.92 Å². The number of ether oxygens (including phenoxy) is 3. The van der Waals surface area contributed by atoms with Crippen molar-refractivity contribution in [3.8, 4) is 11.5 Å². The summed E-state index contributed by atoms with van der Waals surface area (Å²) in [6.07, 6.45) is -6.28. The molecule has 0 aliphatic carbocycles. The van der Waals surface area contributed by atoms with E-state index in [-0.39, 0.29) is 28.7 Å². The molecule has 1 unspecified atom stereocenters. The molecule has 0 bridgehead atoms. The van der Waals surface area contributed by atoms with Crippen molar-refractivity contribution >= 4 is 23.4 Å². The highest BCUT2D eigenvalue weighted by Gasteiger charge is 2.33. The van der Waals surface area contributed by atoms with Crippen LogP contribution in [0.5, 0.6) is 11.5 Å². The summed E-state index contributed by atoms with van der Waals surface area (Å²) in [6.45, 7) is 0.871. The van der Waals surface area contributed by atoms with E-state index < -0.39 is 41.3 Å². The van der Waals surface area contributed by atoms with Crippen LogP contribution in [0.2, 0.25) is 5.02 Å². The molecule has 0 radical (unpaired) electrons. The lowest BCUT2D eigenvalue weighted by Crippen LogP contribution is -2.35. The van der Waals surface area contributed by atoms with Gasteiger partial charge < -0.3 is 9.47 Å². The number of nitrogens with zero attached hydrogens (tertiary/aromatic N) is 1. The van der Waals surface area contributed by atoms with Gasteiger partial charge in [0.1, 0.15) is 18.1 Å². The molecule has 0 aliphatic heterocycles. The fourth-order valence-electron chi connectivity index (χ4n) is 2.35. The molecule has 0 aromatic heterocycles. The molecule has 2 rings (SSSR count). The highest BCUT2D eigenvalue weighted by molar-refractivity contribution is 6.32. The number of ketones is 1. The molecule has 2 aromatic carbocycles. The Hall–Kier alpha value is -3.18. The topological polar surface area (TPSA) is 105 Å². The number of hydrogen-bond acceptors (Lipinski definition) is 7. The Balaban J connectivity index is 2.08. The van der Waals surface area contributed by atoms with Gasteiger partial charge >= 0.3 is 18.4 Å². The van der Waals surface area contributed by atoms with Crippen molar-refractivity contribution in [2.24, 2.45) is 0 Å². The van der Waals surface area contributed by atoms with Gasteiger partial charge in [0, 0.05) is 5.56 Å². The molecule has 0 amide bonds. The molecule has 1 atom stereocenters. The smallest absolute Gasteiger partial charge is 0.416 e. The van der Waals surface area contributed by atoms with Crippen LogP contribution < -0.4 is 4.74 Å². The molecule has 172 valence electrons. The maximum absolute atomic E-state index is 12.7. The van der Waals surface area contributed by atoms with Crippen LogP contribution in [0, 0.1) is 10.1 Å². The van der Waals surface area contributed by atoms with Gasteiger partial charge in [-0.05, 0) is 36.8 Å². The zero-order chi connectivity index (χ0) is 23.9. The van der Waals surface area contributed by atoms with E-state index in [1.807, 2.05) is 0 Å². The van der Waals surface area contributed by atoms with Gasteiger partial charge in [-0.2, -0.15) is 13.2 Å². The molecule has 32 heavy (non-hydrogen) atoms. The summed E-state index contributed by atoms with van der Waals surface area (Å²) in [5.74, 6) is -1.93. The second kappa shape index (κ2) is 10.9. The molecule has 2 aromatic rings. The molecule has 0 N–H and O–H groups in total. The fourth-order valence-corrected chi connectivity index (χ4v) is 2.57. The minimum atomic E-state index is -4.57. The standard InChI is InChI=1S/C20H17ClF3NO7/c1-2-8-30-19(27)18(25(28)29)31-11-16(26)12-4-3-5-14(9-12)32-17-7-6-13(10-15(17)21)20(22,23)24/h3-7,9-10,18H,2,8,11H2,1H3. The van der Waals surface area contributed by atoms with Gasteiger partial charge in [-0.3, -0.25) is 19.6 Å². The van der Waals surface area contributed by atoms with Crippen molar-refractivity contribution in [3.05, 3.63) is 68.7 Å². The number of benzene rings is 2. The van der Waals surface area contributed by atoms with Crippen molar-refractivity contribution < 1.29 is 41.9 Å². The first-order chi connectivity index (χ1) is 15.0. The Morgan fingerprint density at radius 3 is 2.50 bits per heavy atom. The molecule has 0 saturated heterocycles. The van der Waals surface area contributed by atoms with E-state index in [0.717, 1.165) is 12.1 Å². The summed E-state index contributed by atoms with van der Waals surface area (Å²) >= 11 is 5.85. The summed E-state index contributed by atoms with van der Waals surface area (Å²) in [5, 5.41) is 10.7. The monoisotopic (exact) mass is 475 g/mol. The van der Waals surface area contributed by atoms with Gasteiger partial charge in [0.05, 0.1) is 22.1 Å². The number of rotatable bonds is 10. The van der Waals surface area contributed by atoms with Crippen LogP contribution in [0.1, 0.15) is 29.3 Å². The molecule has 0 aliphatic rings. The first-order valence-electron chi connectivity index (χ1n) is 9.12. The SMILES string of the molecule is CCCOC(=O)C(OCC(=O)c1cccc(Oc2ccc(C(F)(F)F)cc2Cl)c1)[N+](=O)[O-]. The maximum Gasteiger partial charge on any atom is 0.416 e. The van der Waals surface area contributed by atoms with E-state index in [0.29, 0.717) is 12.5 Å². The number of hydrogen-bond donors (Lipinski definition) is 0. The summed E-state index contributed by atoms with van der Waals surface area (Å²) < 4.78 is 53.1. The molecule has 0 saturated carbocycles. The average molecular weight is 476 g/mol. The predicted molar refractivity (Wildman–Crippen MR) is 105 cm³/mol. The first-order valence-corrected chi connectivity index (χ1v) is 9.50. The minimum Gasteiger partial charge on any atom is -0.459 e. The summed E-state index contributed by atoms with van der Waals surface area (Å²) in [6, 6.07) is 7.98. The second-order valence-corrected chi connectivity index (χ2v) is 6.72. The lowest BCUT2D eigenvalue weighted by molar-refractivity contribution is -0.560. The molecular weight excluding hydrogens is 459 g/mol. The maximum atomic E-state index is 12.7. The number of esters is 1. The Bertz CT molecular complexity index is 997. The molecule has 0 fully saturated rings. The van der Waals surface area contributed by atoms with Crippen LogP contribution in [0.4, 0.5) is 13.2 Å². The van der Waals surface area contributed by atoms with Crippen molar-refractivity contribution in [2.45, 2.75) is 25.7 Å². The van der Waals surface area contributed by atoms with Crippen LogP contribution >= 0.6 is 11.6 Å².